The number of aryl methyl sites for hydroxylation is 1. The molecule has 0 radical (unpaired) electrons. The molecule has 1 aromatic carbocycles. The second kappa shape index (κ2) is 10.0. The van der Waals surface area contributed by atoms with Gasteiger partial charge < -0.3 is 0 Å². The van der Waals surface area contributed by atoms with Crippen molar-refractivity contribution < 1.29 is 8.78 Å². The number of halogens is 3. The van der Waals surface area contributed by atoms with Crippen LogP contribution in [0.5, 0.6) is 0 Å². The summed E-state index contributed by atoms with van der Waals surface area (Å²) in [6.45, 7) is 0. The van der Waals surface area contributed by atoms with E-state index in [4.69, 9.17) is 16.3 Å². The Balaban J connectivity index is 1.34. The summed E-state index contributed by atoms with van der Waals surface area (Å²) < 4.78 is 27.3. The molecule has 0 unspecified atom stereocenters. The third-order valence-corrected chi connectivity index (χ3v) is 10.0. The quantitative estimate of drug-likeness (QED) is 0.290. The Morgan fingerprint density at radius 2 is 1.56 bits per heavy atom. The fourth-order valence-electron chi connectivity index (χ4n) is 5.14. The van der Waals surface area contributed by atoms with Crippen molar-refractivity contribution in [1.29, 1.82) is 5.26 Å². The molecule has 0 bridgehead atoms. The second-order valence-corrected chi connectivity index (χ2v) is 12.8. The molecule has 2 fully saturated rings. The number of unbranched alkanes of at least 4 members (excludes halogenated alkanes) is 1. The Morgan fingerprint density at radius 3 is 2.15 bits per heavy atom. The predicted octanol–water partition coefficient (Wildman–Crippen LogP) is 6.73. The maximum atomic E-state index is 13.7. The van der Waals surface area contributed by atoms with E-state index < -0.39 is 25.3 Å². The van der Waals surface area contributed by atoms with E-state index in [0.717, 1.165) is 30.6 Å². The van der Waals surface area contributed by atoms with E-state index in [-0.39, 0.29) is 0 Å². The van der Waals surface area contributed by atoms with Gasteiger partial charge in [-0.2, -0.15) is 16.3 Å². The summed E-state index contributed by atoms with van der Waals surface area (Å²) in [5, 5.41) is 8.73. The molecule has 1 aromatic rings. The van der Waals surface area contributed by atoms with Crippen LogP contribution in [0.25, 0.3) is 0 Å². The lowest BCUT2D eigenvalue weighted by Gasteiger charge is -2.36. The van der Waals surface area contributed by atoms with Crippen molar-refractivity contribution in [3.63, 3.8) is 0 Å². The number of nitrogens with zero attached hydrogens (tertiary/aromatic N) is 1. The highest BCUT2D eigenvalue weighted by atomic mass is 35.6. The van der Waals surface area contributed by atoms with E-state index >= 15 is 0 Å². The molecule has 0 N–H and O–H groups in total. The normalized spacial score (nSPS) is 28.7. The van der Waals surface area contributed by atoms with Crippen molar-refractivity contribution >= 4 is 19.2 Å². The highest BCUT2D eigenvalue weighted by molar-refractivity contribution is 7.07. The highest BCUT2D eigenvalue weighted by Gasteiger charge is 2.30. The minimum absolute atomic E-state index is 0.475. The molecule has 1 saturated carbocycles. The van der Waals surface area contributed by atoms with Gasteiger partial charge >= 0.3 is 0 Å². The zero-order valence-corrected chi connectivity index (χ0v) is 17.9. The summed E-state index contributed by atoms with van der Waals surface area (Å²) in [5.41, 5.74) is 0.184. The number of hydrogen-bond acceptors (Lipinski definition) is 1. The molecular formula is C22H30ClF2NSi. The summed E-state index contributed by atoms with van der Waals surface area (Å²) in [7, 11) is -0.847. The summed E-state index contributed by atoms with van der Waals surface area (Å²) in [4.78, 5) is 0. The molecule has 2 aliphatic rings. The van der Waals surface area contributed by atoms with Gasteiger partial charge in [-0.1, -0.05) is 38.5 Å². The van der Waals surface area contributed by atoms with Crippen LogP contribution in [0.15, 0.2) is 12.1 Å². The first kappa shape index (κ1) is 20.8. The summed E-state index contributed by atoms with van der Waals surface area (Å²) in [5.74, 6) is 1.22. The van der Waals surface area contributed by atoms with Crippen LogP contribution < -0.4 is 0 Å². The smallest absolute Gasteiger partial charge is 0.144 e. The van der Waals surface area contributed by atoms with Gasteiger partial charge in [0.15, 0.2) is 0 Å². The van der Waals surface area contributed by atoms with Crippen LogP contribution in [0.1, 0.15) is 68.9 Å². The molecule has 1 heterocycles. The summed E-state index contributed by atoms with van der Waals surface area (Å²) in [6, 6.07) is 6.87. The Hall–Kier alpha value is -0.923. The van der Waals surface area contributed by atoms with Gasteiger partial charge in [0, 0.05) is 0 Å². The Morgan fingerprint density at radius 1 is 0.963 bits per heavy atom. The van der Waals surface area contributed by atoms with E-state index in [2.05, 4.69) is 0 Å². The molecule has 27 heavy (non-hydrogen) atoms. The third-order valence-electron chi connectivity index (χ3n) is 6.80. The van der Waals surface area contributed by atoms with Crippen LogP contribution in [0.2, 0.25) is 12.1 Å². The molecule has 1 aliphatic carbocycles. The van der Waals surface area contributed by atoms with Gasteiger partial charge in [0.25, 0.3) is 0 Å². The number of rotatable bonds is 6. The molecule has 0 amide bonds. The number of hydrogen-bond donors (Lipinski definition) is 0. The molecule has 1 nitrogen and oxygen atoms in total. The highest BCUT2D eigenvalue weighted by Crippen LogP contribution is 2.41. The van der Waals surface area contributed by atoms with Crippen molar-refractivity contribution in [2.75, 3.05) is 0 Å². The SMILES string of the molecule is N#Cc1c(F)cc(CCCCC2CCC([C@H]3CC[Si@H](Cl)CC3)CC2)cc1F. The van der Waals surface area contributed by atoms with E-state index in [9.17, 15) is 8.78 Å². The van der Waals surface area contributed by atoms with Crippen LogP contribution in [-0.2, 0) is 6.42 Å². The average Bonchev–Trinajstić information content (AvgIpc) is 2.66. The van der Waals surface area contributed by atoms with Crippen molar-refractivity contribution in [3.8, 4) is 6.07 Å². The Labute approximate surface area is 168 Å². The summed E-state index contributed by atoms with van der Waals surface area (Å²) >= 11 is 6.37. The van der Waals surface area contributed by atoms with Gasteiger partial charge in [0.05, 0.1) is 0 Å². The minimum atomic E-state index is -0.847. The molecule has 0 spiro atoms. The lowest BCUT2D eigenvalue weighted by molar-refractivity contribution is 0.185. The third kappa shape index (κ3) is 5.78. The van der Waals surface area contributed by atoms with Crippen molar-refractivity contribution in [3.05, 3.63) is 34.9 Å². The zero-order valence-electron chi connectivity index (χ0n) is 16.0. The topological polar surface area (TPSA) is 23.8 Å². The van der Waals surface area contributed by atoms with Gasteiger partial charge in [-0.15, -0.1) is 0 Å². The predicted molar refractivity (Wildman–Crippen MR) is 109 cm³/mol. The van der Waals surface area contributed by atoms with Crippen LogP contribution >= 0.6 is 11.1 Å². The molecule has 3 rings (SSSR count). The number of benzene rings is 1. The molecule has 1 saturated heterocycles. The fraction of sp³-hybridized carbons (Fsp3) is 0.682. The maximum Gasteiger partial charge on any atom is 0.144 e. The van der Waals surface area contributed by atoms with Gasteiger partial charge in [-0.3, -0.25) is 0 Å². The van der Waals surface area contributed by atoms with Gasteiger partial charge in [-0.25, -0.2) is 8.78 Å². The second-order valence-electron chi connectivity index (χ2n) is 8.58. The van der Waals surface area contributed by atoms with Crippen LogP contribution in [0, 0.1) is 40.7 Å². The fourth-order valence-corrected chi connectivity index (χ4v) is 7.76. The maximum absolute atomic E-state index is 13.7. The average molecular weight is 410 g/mol. The van der Waals surface area contributed by atoms with E-state index in [1.807, 2.05) is 0 Å². The van der Waals surface area contributed by atoms with Crippen LogP contribution in [0.4, 0.5) is 8.78 Å². The largest absolute Gasteiger partial charge is 0.205 e. The first-order valence-electron chi connectivity index (χ1n) is 10.6. The lowest BCUT2D eigenvalue weighted by atomic mass is 9.73. The molecule has 0 aromatic heterocycles. The molecule has 0 atom stereocenters. The number of nitriles is 1. The van der Waals surface area contributed by atoms with Crippen molar-refractivity contribution in [2.45, 2.75) is 76.3 Å². The lowest BCUT2D eigenvalue weighted by Crippen LogP contribution is -2.26. The van der Waals surface area contributed by atoms with Gasteiger partial charge in [0.1, 0.15) is 31.4 Å². The van der Waals surface area contributed by atoms with Crippen LogP contribution in [-0.4, -0.2) is 8.11 Å². The minimum Gasteiger partial charge on any atom is -0.205 e. The first-order valence-corrected chi connectivity index (χ1v) is 14.0. The molecule has 1 aliphatic heterocycles. The van der Waals surface area contributed by atoms with Crippen LogP contribution in [0.3, 0.4) is 0 Å². The first-order chi connectivity index (χ1) is 13.1. The van der Waals surface area contributed by atoms with E-state index in [0.29, 0.717) is 12.0 Å². The Bertz CT molecular complexity index is 636. The van der Waals surface area contributed by atoms with E-state index in [1.54, 1.807) is 6.07 Å². The summed E-state index contributed by atoms with van der Waals surface area (Å²) in [6.07, 6.45) is 12.2. The van der Waals surface area contributed by atoms with Gasteiger partial charge in [-0.05, 0) is 73.2 Å². The standard InChI is InChI=1S/C22H30ClF2NSi/c23-27-11-9-19(10-12-27)18-7-5-16(6-8-18)3-1-2-4-17-13-21(24)20(15-26)22(25)14-17/h13-14,16,18-19,27H,1-12H2/t16?,18?,19-,27-. The molecule has 5 heteroatoms. The van der Waals surface area contributed by atoms with Crippen molar-refractivity contribution in [1.82, 2.24) is 0 Å². The molecule has 148 valence electrons. The Kier molecular flexibility index (Phi) is 7.72. The molecular weight excluding hydrogens is 380 g/mol. The van der Waals surface area contributed by atoms with Crippen molar-refractivity contribution in [2.24, 2.45) is 17.8 Å². The monoisotopic (exact) mass is 409 g/mol. The zero-order chi connectivity index (χ0) is 19.2. The van der Waals surface area contributed by atoms with E-state index in [1.165, 1.54) is 69.2 Å². The van der Waals surface area contributed by atoms with Gasteiger partial charge in [0.2, 0.25) is 0 Å².